The average Bonchev–Trinajstić information content (AvgIpc) is 3.10. The minimum atomic E-state index is -1.02. The van der Waals surface area contributed by atoms with E-state index in [0.717, 1.165) is 27.5 Å². The summed E-state index contributed by atoms with van der Waals surface area (Å²) in [6, 6.07) is 37.7. The predicted octanol–water partition coefficient (Wildman–Crippen LogP) is 9.57. The van der Waals surface area contributed by atoms with Gasteiger partial charge in [0.15, 0.2) is 6.10 Å². The van der Waals surface area contributed by atoms with Crippen molar-refractivity contribution in [1.29, 1.82) is 0 Å². The van der Waals surface area contributed by atoms with Crippen LogP contribution in [0, 0.1) is 0 Å². The number of fused-ring (bicyclic) bond motifs is 1. The maximum Gasteiger partial charge on any atom is 0.345 e. The van der Waals surface area contributed by atoms with Gasteiger partial charge in [0.25, 0.3) is 5.91 Å². The molecule has 5 nitrogen and oxygen atoms in total. The van der Waals surface area contributed by atoms with Crippen molar-refractivity contribution in [3.05, 3.63) is 148 Å². The first-order valence-corrected chi connectivity index (χ1v) is 16.8. The Hall–Kier alpha value is -4.42. The highest BCUT2D eigenvalue weighted by atomic mass is 79.9. The zero-order chi connectivity index (χ0) is 31.9. The Morgan fingerprint density at radius 2 is 1.41 bits per heavy atom. The summed E-state index contributed by atoms with van der Waals surface area (Å²) in [4.78, 5) is 27.9. The number of carbonyl (C=O) groups excluding carboxylic acids is 1. The van der Waals surface area contributed by atoms with Gasteiger partial charge in [-0.2, -0.15) is 0 Å². The molecule has 6 heteroatoms. The average molecular weight is 677 g/mol. The molecule has 1 atom stereocenters. The van der Waals surface area contributed by atoms with Gasteiger partial charge in [0, 0.05) is 25.1 Å². The molecule has 0 radical (unpaired) electrons. The second-order valence-corrected chi connectivity index (χ2v) is 13.0. The van der Waals surface area contributed by atoms with Crippen LogP contribution in [-0.2, 0) is 24.3 Å². The van der Waals surface area contributed by atoms with Crippen LogP contribution < -0.4 is 4.74 Å². The molecule has 1 fully saturated rings. The molecule has 234 valence electrons. The lowest BCUT2D eigenvalue weighted by Crippen LogP contribution is -2.30. The van der Waals surface area contributed by atoms with Crippen LogP contribution in [0.2, 0.25) is 0 Å². The number of nitrogens with zero attached hydrogens (tertiary/aromatic N) is 1. The first kappa shape index (κ1) is 31.6. The molecular formula is C40H38BrNO4. The van der Waals surface area contributed by atoms with Gasteiger partial charge >= 0.3 is 5.97 Å². The number of ether oxygens (including phenoxy) is 1. The lowest BCUT2D eigenvalue weighted by Gasteiger charge is -2.25. The Morgan fingerprint density at radius 3 is 2.09 bits per heavy atom. The first-order valence-electron chi connectivity index (χ1n) is 16.0. The van der Waals surface area contributed by atoms with E-state index < -0.39 is 12.1 Å². The van der Waals surface area contributed by atoms with Gasteiger partial charge in [-0.3, -0.25) is 4.79 Å². The van der Waals surface area contributed by atoms with Crippen LogP contribution in [0.5, 0.6) is 5.75 Å². The number of carboxylic acids is 1. The standard InChI is InChI=1S/C40H38BrNO4/c41-38-35-22-16-30(24-34(35)21-23-36(38)46-37(40(44)45)25-28-10-4-1-5-11-28)27-42(26-29-12-6-2-7-13-29)39(43)33-19-17-32(18-20-33)31-14-8-3-9-15-31/h1-2,4-7,10-13,16-24,31,37H,3,8-9,14-15,25-27H2,(H,44,45). The molecule has 1 aliphatic carbocycles. The highest BCUT2D eigenvalue weighted by Gasteiger charge is 2.23. The molecule has 0 heterocycles. The monoisotopic (exact) mass is 675 g/mol. The van der Waals surface area contributed by atoms with Crippen molar-refractivity contribution in [2.24, 2.45) is 0 Å². The second-order valence-electron chi connectivity index (χ2n) is 12.2. The summed E-state index contributed by atoms with van der Waals surface area (Å²) < 4.78 is 6.71. The summed E-state index contributed by atoms with van der Waals surface area (Å²) in [7, 11) is 0. The SMILES string of the molecule is O=C(O)C(Cc1ccccc1)Oc1ccc2cc(CN(Cc3ccccc3)C(=O)c3ccc(C4CCCCC4)cc3)ccc2c1Br. The van der Waals surface area contributed by atoms with Crippen LogP contribution in [0.4, 0.5) is 0 Å². The molecule has 0 aliphatic heterocycles. The van der Waals surface area contributed by atoms with Crippen molar-refractivity contribution in [2.75, 3.05) is 0 Å². The van der Waals surface area contributed by atoms with E-state index >= 15 is 0 Å². The number of carbonyl (C=O) groups is 2. The summed E-state index contributed by atoms with van der Waals surface area (Å²) in [6.07, 6.45) is 5.58. The molecule has 1 saturated carbocycles. The minimum Gasteiger partial charge on any atom is -0.478 e. The fourth-order valence-electron chi connectivity index (χ4n) is 6.41. The fourth-order valence-corrected chi connectivity index (χ4v) is 7.00. The smallest absolute Gasteiger partial charge is 0.345 e. The molecular weight excluding hydrogens is 638 g/mol. The van der Waals surface area contributed by atoms with E-state index in [1.165, 1.54) is 37.7 Å². The zero-order valence-corrected chi connectivity index (χ0v) is 27.4. The topological polar surface area (TPSA) is 66.8 Å². The predicted molar refractivity (Wildman–Crippen MR) is 186 cm³/mol. The normalized spacial score (nSPS) is 14.1. The number of carboxylic acid groups (broad SMARTS) is 1. The maximum absolute atomic E-state index is 13.9. The van der Waals surface area contributed by atoms with Gasteiger partial charge in [0.2, 0.25) is 0 Å². The van der Waals surface area contributed by atoms with Crippen molar-refractivity contribution < 1.29 is 19.4 Å². The molecule has 0 aromatic heterocycles. The third-order valence-corrected chi connectivity index (χ3v) is 9.72. The van der Waals surface area contributed by atoms with Crippen molar-refractivity contribution >= 4 is 38.6 Å². The maximum atomic E-state index is 13.9. The van der Waals surface area contributed by atoms with Gasteiger partial charge in [0.1, 0.15) is 5.75 Å². The lowest BCUT2D eigenvalue weighted by atomic mass is 9.84. The molecule has 6 rings (SSSR count). The Balaban J connectivity index is 1.22. The molecule has 5 aromatic carbocycles. The second kappa shape index (κ2) is 14.8. The van der Waals surface area contributed by atoms with Crippen LogP contribution in [0.1, 0.15) is 70.6 Å². The van der Waals surface area contributed by atoms with Crippen molar-refractivity contribution in [3.63, 3.8) is 0 Å². The van der Waals surface area contributed by atoms with E-state index in [2.05, 4.69) is 34.1 Å². The fraction of sp³-hybridized carbons (Fsp3) is 0.250. The molecule has 1 unspecified atom stereocenters. The van der Waals surface area contributed by atoms with E-state index in [9.17, 15) is 14.7 Å². The molecule has 46 heavy (non-hydrogen) atoms. The van der Waals surface area contributed by atoms with Gasteiger partial charge < -0.3 is 14.7 Å². The number of rotatable bonds is 11. The number of hydrogen-bond donors (Lipinski definition) is 1. The summed E-state index contributed by atoms with van der Waals surface area (Å²) in [5.41, 5.74) is 5.01. The molecule has 5 aromatic rings. The molecule has 0 saturated heterocycles. The van der Waals surface area contributed by atoms with Gasteiger partial charge in [0.05, 0.1) is 4.47 Å². The van der Waals surface area contributed by atoms with Gasteiger partial charge in [-0.05, 0) is 92.0 Å². The summed E-state index contributed by atoms with van der Waals surface area (Å²) in [5, 5.41) is 11.7. The Labute approximate surface area is 279 Å². The highest BCUT2D eigenvalue weighted by Crippen LogP contribution is 2.35. The van der Waals surface area contributed by atoms with Gasteiger partial charge in [-0.15, -0.1) is 0 Å². The third kappa shape index (κ3) is 7.68. The molecule has 0 bridgehead atoms. The Kier molecular flexibility index (Phi) is 10.1. The summed E-state index contributed by atoms with van der Waals surface area (Å²) >= 11 is 3.67. The third-order valence-electron chi connectivity index (χ3n) is 8.90. The number of amides is 1. The largest absolute Gasteiger partial charge is 0.478 e. The van der Waals surface area contributed by atoms with Crippen LogP contribution in [-0.4, -0.2) is 28.0 Å². The van der Waals surface area contributed by atoms with Gasteiger partial charge in [-0.25, -0.2) is 4.79 Å². The van der Waals surface area contributed by atoms with Crippen molar-refractivity contribution in [2.45, 2.75) is 63.6 Å². The zero-order valence-electron chi connectivity index (χ0n) is 25.8. The van der Waals surface area contributed by atoms with Crippen LogP contribution in [0.3, 0.4) is 0 Å². The highest BCUT2D eigenvalue weighted by molar-refractivity contribution is 9.10. The number of benzene rings is 5. The van der Waals surface area contributed by atoms with Crippen LogP contribution >= 0.6 is 15.9 Å². The van der Waals surface area contributed by atoms with Gasteiger partial charge in [-0.1, -0.05) is 110 Å². The molecule has 1 amide bonds. The minimum absolute atomic E-state index is 0.00204. The molecule has 1 N–H and O–H groups in total. The summed E-state index contributed by atoms with van der Waals surface area (Å²) in [6.45, 7) is 0.943. The number of hydrogen-bond acceptors (Lipinski definition) is 3. The van der Waals surface area contributed by atoms with E-state index in [1.54, 1.807) is 6.07 Å². The molecule has 0 spiro atoms. The number of halogens is 1. The van der Waals surface area contributed by atoms with E-state index in [1.807, 2.05) is 95.9 Å². The summed E-state index contributed by atoms with van der Waals surface area (Å²) in [5.74, 6) is 0.0568. The number of aliphatic carboxylic acids is 1. The van der Waals surface area contributed by atoms with E-state index in [4.69, 9.17) is 4.74 Å². The van der Waals surface area contributed by atoms with Crippen molar-refractivity contribution in [3.8, 4) is 5.75 Å². The van der Waals surface area contributed by atoms with E-state index in [0.29, 0.717) is 34.8 Å². The Morgan fingerprint density at radius 1 is 0.761 bits per heavy atom. The van der Waals surface area contributed by atoms with E-state index in [-0.39, 0.29) is 12.3 Å². The van der Waals surface area contributed by atoms with Crippen molar-refractivity contribution in [1.82, 2.24) is 4.90 Å². The lowest BCUT2D eigenvalue weighted by molar-refractivity contribution is -0.145. The Bertz CT molecular complexity index is 1780. The first-order chi connectivity index (χ1) is 22.4. The van der Waals surface area contributed by atoms with Crippen LogP contribution in [0.25, 0.3) is 10.8 Å². The quantitative estimate of drug-likeness (QED) is 0.151. The van der Waals surface area contributed by atoms with Crippen LogP contribution in [0.15, 0.2) is 120 Å². The molecule has 1 aliphatic rings.